The first-order valence-corrected chi connectivity index (χ1v) is 6.76. The number of rotatable bonds is 8. The maximum atomic E-state index is 2.56. The lowest BCUT2D eigenvalue weighted by molar-refractivity contribution is 0.281. The van der Waals surface area contributed by atoms with E-state index in [0.29, 0.717) is 0 Å². The van der Waals surface area contributed by atoms with Gasteiger partial charge in [-0.05, 0) is 38.1 Å². The Morgan fingerprint density at radius 3 is 1.94 bits per heavy atom. The molecule has 0 spiro atoms. The number of hydrogen-bond donors (Lipinski definition) is 0. The number of anilines is 1. The van der Waals surface area contributed by atoms with E-state index in [1.165, 1.54) is 31.6 Å². The number of hydrogen-bond acceptors (Lipinski definition) is 2. The molecule has 17 heavy (non-hydrogen) atoms. The molecule has 0 fully saturated rings. The summed E-state index contributed by atoms with van der Waals surface area (Å²) in [4.78, 5) is 4.89. The van der Waals surface area contributed by atoms with Crippen LogP contribution in [0.5, 0.6) is 0 Å². The van der Waals surface area contributed by atoms with Gasteiger partial charge in [0.15, 0.2) is 0 Å². The summed E-state index contributed by atoms with van der Waals surface area (Å²) in [5, 5.41) is 0. The van der Waals surface area contributed by atoms with Crippen LogP contribution in [-0.2, 0) is 0 Å². The first-order chi connectivity index (χ1) is 8.27. The largest absolute Gasteiger partial charge is 0.373 e. The summed E-state index contributed by atoms with van der Waals surface area (Å²) in [5.41, 5.74) is 1.31. The van der Waals surface area contributed by atoms with Crippen LogP contribution >= 0.6 is 0 Å². The van der Waals surface area contributed by atoms with Crippen molar-refractivity contribution in [3.05, 3.63) is 30.3 Å². The highest BCUT2D eigenvalue weighted by Crippen LogP contribution is 2.10. The van der Waals surface area contributed by atoms with Crippen LogP contribution in [0.15, 0.2) is 30.3 Å². The maximum Gasteiger partial charge on any atom is 0.0364 e. The Morgan fingerprint density at radius 1 is 0.824 bits per heavy atom. The van der Waals surface area contributed by atoms with Crippen molar-refractivity contribution in [1.82, 2.24) is 4.90 Å². The van der Waals surface area contributed by atoms with E-state index in [9.17, 15) is 0 Å². The summed E-state index contributed by atoms with van der Waals surface area (Å²) in [6, 6.07) is 10.6. The van der Waals surface area contributed by atoms with Gasteiger partial charge >= 0.3 is 0 Å². The Labute approximate surface area is 106 Å². The van der Waals surface area contributed by atoms with E-state index in [-0.39, 0.29) is 0 Å². The highest BCUT2D eigenvalue weighted by Gasteiger charge is 2.05. The second-order valence-electron chi connectivity index (χ2n) is 4.60. The van der Waals surface area contributed by atoms with Crippen LogP contribution in [0.3, 0.4) is 0 Å². The SMILES string of the molecule is CCCN(CCC)CCN(C)c1ccccc1. The van der Waals surface area contributed by atoms with Gasteiger partial charge in [-0.15, -0.1) is 0 Å². The van der Waals surface area contributed by atoms with E-state index in [4.69, 9.17) is 0 Å². The molecule has 0 aliphatic rings. The summed E-state index contributed by atoms with van der Waals surface area (Å²) in [7, 11) is 2.17. The monoisotopic (exact) mass is 234 g/mol. The van der Waals surface area contributed by atoms with E-state index in [0.717, 1.165) is 13.1 Å². The van der Waals surface area contributed by atoms with Crippen LogP contribution in [0.25, 0.3) is 0 Å². The Kier molecular flexibility index (Phi) is 6.71. The molecular weight excluding hydrogens is 208 g/mol. The smallest absolute Gasteiger partial charge is 0.0364 e. The molecule has 96 valence electrons. The third-order valence-electron chi connectivity index (χ3n) is 3.03. The predicted molar refractivity (Wildman–Crippen MR) is 76.7 cm³/mol. The van der Waals surface area contributed by atoms with Crippen molar-refractivity contribution in [3.63, 3.8) is 0 Å². The molecule has 1 aromatic carbocycles. The minimum absolute atomic E-state index is 1.10. The number of nitrogens with zero attached hydrogens (tertiary/aromatic N) is 2. The summed E-state index contributed by atoms with van der Waals surface area (Å²) in [6.07, 6.45) is 2.49. The second kappa shape index (κ2) is 8.13. The van der Waals surface area contributed by atoms with Crippen LogP contribution in [0.4, 0.5) is 5.69 Å². The van der Waals surface area contributed by atoms with Crippen molar-refractivity contribution in [1.29, 1.82) is 0 Å². The fourth-order valence-corrected chi connectivity index (χ4v) is 2.07. The third-order valence-corrected chi connectivity index (χ3v) is 3.03. The first-order valence-electron chi connectivity index (χ1n) is 6.76. The first kappa shape index (κ1) is 14.0. The van der Waals surface area contributed by atoms with E-state index < -0.39 is 0 Å². The zero-order valence-corrected chi connectivity index (χ0v) is 11.5. The minimum Gasteiger partial charge on any atom is -0.373 e. The fourth-order valence-electron chi connectivity index (χ4n) is 2.07. The third kappa shape index (κ3) is 5.22. The van der Waals surface area contributed by atoms with Gasteiger partial charge in [-0.1, -0.05) is 32.0 Å². The number of likely N-dealkylation sites (N-methyl/N-ethyl adjacent to an activating group) is 1. The molecule has 0 aromatic heterocycles. The molecule has 1 rings (SSSR count). The van der Waals surface area contributed by atoms with Gasteiger partial charge in [0.1, 0.15) is 0 Å². The van der Waals surface area contributed by atoms with Crippen molar-refractivity contribution >= 4 is 5.69 Å². The number of para-hydroxylation sites is 1. The van der Waals surface area contributed by atoms with Gasteiger partial charge in [0.05, 0.1) is 0 Å². The van der Waals surface area contributed by atoms with Crippen LogP contribution in [0.1, 0.15) is 26.7 Å². The van der Waals surface area contributed by atoms with Crippen LogP contribution in [-0.4, -0.2) is 38.1 Å². The molecule has 0 aliphatic carbocycles. The average Bonchev–Trinajstić information content (AvgIpc) is 2.37. The highest BCUT2D eigenvalue weighted by atomic mass is 15.2. The topological polar surface area (TPSA) is 6.48 Å². The van der Waals surface area contributed by atoms with Gasteiger partial charge < -0.3 is 9.80 Å². The van der Waals surface area contributed by atoms with Crippen molar-refractivity contribution < 1.29 is 0 Å². The predicted octanol–water partition coefficient (Wildman–Crippen LogP) is 3.24. The van der Waals surface area contributed by atoms with E-state index in [1.807, 2.05) is 0 Å². The van der Waals surface area contributed by atoms with Crippen LogP contribution in [0.2, 0.25) is 0 Å². The fraction of sp³-hybridized carbons (Fsp3) is 0.600. The van der Waals surface area contributed by atoms with Gasteiger partial charge in [0.2, 0.25) is 0 Å². The summed E-state index contributed by atoms with van der Waals surface area (Å²) in [5.74, 6) is 0. The molecular formula is C15H26N2. The van der Waals surface area contributed by atoms with Gasteiger partial charge in [0, 0.05) is 25.8 Å². The molecule has 0 saturated heterocycles. The van der Waals surface area contributed by atoms with Crippen LogP contribution in [0, 0.1) is 0 Å². The molecule has 1 aromatic rings. The van der Waals surface area contributed by atoms with Gasteiger partial charge in [0.25, 0.3) is 0 Å². The Morgan fingerprint density at radius 2 is 1.41 bits per heavy atom. The lowest BCUT2D eigenvalue weighted by Crippen LogP contribution is -2.34. The lowest BCUT2D eigenvalue weighted by Gasteiger charge is -2.26. The molecule has 0 saturated carbocycles. The second-order valence-corrected chi connectivity index (χ2v) is 4.60. The van der Waals surface area contributed by atoms with Crippen molar-refractivity contribution in [2.45, 2.75) is 26.7 Å². The van der Waals surface area contributed by atoms with Gasteiger partial charge in [-0.3, -0.25) is 0 Å². The summed E-state index contributed by atoms with van der Waals surface area (Å²) >= 11 is 0. The van der Waals surface area contributed by atoms with Crippen molar-refractivity contribution in [2.75, 3.05) is 38.1 Å². The van der Waals surface area contributed by atoms with E-state index in [1.54, 1.807) is 0 Å². The quantitative estimate of drug-likeness (QED) is 0.681. The lowest BCUT2D eigenvalue weighted by atomic mass is 10.3. The zero-order chi connectivity index (χ0) is 12.5. The standard InChI is InChI=1S/C15H26N2/c1-4-11-17(12-5-2)14-13-16(3)15-9-7-6-8-10-15/h6-10H,4-5,11-14H2,1-3H3. The maximum absolute atomic E-state index is 2.56. The molecule has 0 N–H and O–H groups in total. The molecule has 0 aliphatic heterocycles. The molecule has 0 bridgehead atoms. The normalized spacial score (nSPS) is 10.8. The Balaban J connectivity index is 2.38. The highest BCUT2D eigenvalue weighted by molar-refractivity contribution is 5.44. The molecule has 0 heterocycles. The van der Waals surface area contributed by atoms with Gasteiger partial charge in [-0.2, -0.15) is 0 Å². The summed E-state index contributed by atoms with van der Waals surface area (Å²) in [6.45, 7) is 9.21. The molecule has 0 unspecified atom stereocenters. The Hall–Kier alpha value is -1.02. The van der Waals surface area contributed by atoms with E-state index in [2.05, 4.69) is 61.0 Å². The van der Waals surface area contributed by atoms with Crippen LogP contribution < -0.4 is 4.90 Å². The average molecular weight is 234 g/mol. The molecule has 0 amide bonds. The Bertz CT molecular complexity index is 278. The minimum atomic E-state index is 1.10. The number of benzene rings is 1. The molecule has 2 heteroatoms. The molecule has 2 nitrogen and oxygen atoms in total. The van der Waals surface area contributed by atoms with Gasteiger partial charge in [-0.25, -0.2) is 0 Å². The van der Waals surface area contributed by atoms with E-state index >= 15 is 0 Å². The zero-order valence-electron chi connectivity index (χ0n) is 11.5. The van der Waals surface area contributed by atoms with Crippen molar-refractivity contribution in [2.24, 2.45) is 0 Å². The van der Waals surface area contributed by atoms with Crippen molar-refractivity contribution in [3.8, 4) is 0 Å². The summed E-state index contributed by atoms with van der Waals surface area (Å²) < 4.78 is 0. The molecule has 0 atom stereocenters. The molecule has 0 radical (unpaired) electrons.